The summed E-state index contributed by atoms with van der Waals surface area (Å²) in [6.07, 6.45) is 0.676. The number of para-hydroxylation sites is 1. The molecule has 1 N–H and O–H groups in total. The first-order chi connectivity index (χ1) is 12.5. The maximum absolute atomic E-state index is 13.2. The van der Waals surface area contributed by atoms with E-state index in [0.29, 0.717) is 6.42 Å². The number of anilines is 2. The van der Waals surface area contributed by atoms with Gasteiger partial charge in [-0.2, -0.15) is 18.2 Å². The lowest BCUT2D eigenvalue weighted by molar-refractivity contribution is -0.139. The van der Waals surface area contributed by atoms with Crippen LogP contribution in [-0.2, 0) is 12.6 Å². The number of hydrogen-bond acceptors (Lipinski definition) is 4. The highest BCUT2D eigenvalue weighted by molar-refractivity contribution is 5.58. The Bertz CT molecular complexity index is 705. The lowest BCUT2D eigenvalue weighted by Gasteiger charge is -2.15. The minimum atomic E-state index is -4.56. The van der Waals surface area contributed by atoms with E-state index in [4.69, 9.17) is 4.74 Å². The molecule has 0 unspecified atom stereocenters. The van der Waals surface area contributed by atoms with E-state index in [9.17, 15) is 13.2 Å². The number of nitrogens with one attached hydrogen (secondary N) is 1. The first-order valence-electron chi connectivity index (χ1n) is 8.87. The summed E-state index contributed by atoms with van der Waals surface area (Å²) in [5, 5.41) is 2.98. The smallest absolute Gasteiger partial charge is 0.423 e. The van der Waals surface area contributed by atoms with Gasteiger partial charge in [0.2, 0.25) is 11.8 Å². The van der Waals surface area contributed by atoms with Crippen LogP contribution in [0.1, 0.15) is 50.7 Å². The standard InChI is InChI=1S/C19H24F3N3O/c1-3-5-6-9-12-26-17-15(19(20,21)22)13-23-18(25-17)24-16-11-8-7-10-14(16)4-2/h7-8,10-11,13H,3-6,9,12H2,1-2H3,(H,23,24,25). The highest BCUT2D eigenvalue weighted by atomic mass is 19.4. The summed E-state index contributed by atoms with van der Waals surface area (Å²) in [7, 11) is 0. The van der Waals surface area contributed by atoms with Crippen molar-refractivity contribution in [2.45, 2.75) is 52.1 Å². The Morgan fingerprint density at radius 2 is 1.85 bits per heavy atom. The van der Waals surface area contributed by atoms with Crippen molar-refractivity contribution in [3.63, 3.8) is 0 Å². The van der Waals surface area contributed by atoms with E-state index in [-0.39, 0.29) is 12.6 Å². The van der Waals surface area contributed by atoms with E-state index in [1.807, 2.05) is 31.2 Å². The van der Waals surface area contributed by atoms with Crippen LogP contribution >= 0.6 is 0 Å². The monoisotopic (exact) mass is 367 g/mol. The zero-order valence-corrected chi connectivity index (χ0v) is 15.1. The molecule has 0 saturated carbocycles. The average Bonchev–Trinajstić information content (AvgIpc) is 2.61. The van der Waals surface area contributed by atoms with Crippen molar-refractivity contribution in [3.05, 3.63) is 41.6 Å². The zero-order valence-electron chi connectivity index (χ0n) is 15.1. The van der Waals surface area contributed by atoms with Crippen LogP contribution in [0.4, 0.5) is 24.8 Å². The molecule has 0 bridgehead atoms. The van der Waals surface area contributed by atoms with E-state index >= 15 is 0 Å². The summed E-state index contributed by atoms with van der Waals surface area (Å²) in [5.41, 5.74) is 0.837. The number of aromatic nitrogens is 2. The molecule has 0 fully saturated rings. The summed E-state index contributed by atoms with van der Waals surface area (Å²) in [4.78, 5) is 7.78. The molecule has 0 amide bonds. The van der Waals surface area contributed by atoms with Crippen molar-refractivity contribution < 1.29 is 17.9 Å². The van der Waals surface area contributed by atoms with Crippen molar-refractivity contribution in [1.82, 2.24) is 9.97 Å². The molecule has 2 aromatic rings. The number of alkyl halides is 3. The lowest BCUT2D eigenvalue weighted by Crippen LogP contribution is -2.13. The minimum Gasteiger partial charge on any atom is -0.477 e. The summed E-state index contributed by atoms with van der Waals surface area (Å²) in [5.74, 6) is -0.345. The van der Waals surface area contributed by atoms with Crippen LogP contribution in [0, 0.1) is 0 Å². The van der Waals surface area contributed by atoms with Gasteiger partial charge in [0.15, 0.2) is 0 Å². The number of aryl methyl sites for hydroxylation is 1. The van der Waals surface area contributed by atoms with Gasteiger partial charge in [-0.25, -0.2) is 4.98 Å². The fourth-order valence-corrected chi connectivity index (χ4v) is 2.50. The lowest BCUT2D eigenvalue weighted by atomic mass is 10.1. The van der Waals surface area contributed by atoms with Gasteiger partial charge in [0.1, 0.15) is 5.56 Å². The Kier molecular flexibility index (Phi) is 7.24. The average molecular weight is 367 g/mol. The van der Waals surface area contributed by atoms with Crippen LogP contribution < -0.4 is 10.1 Å². The van der Waals surface area contributed by atoms with E-state index in [1.54, 1.807) is 0 Å². The van der Waals surface area contributed by atoms with Gasteiger partial charge in [0, 0.05) is 11.9 Å². The maximum Gasteiger partial charge on any atom is 0.423 e. The van der Waals surface area contributed by atoms with Gasteiger partial charge >= 0.3 is 6.18 Å². The number of rotatable bonds is 9. The van der Waals surface area contributed by atoms with Crippen molar-refractivity contribution in [3.8, 4) is 5.88 Å². The number of nitrogens with zero attached hydrogens (tertiary/aromatic N) is 2. The van der Waals surface area contributed by atoms with Gasteiger partial charge in [-0.05, 0) is 24.5 Å². The fourth-order valence-electron chi connectivity index (χ4n) is 2.50. The molecule has 1 aromatic carbocycles. The Hall–Kier alpha value is -2.31. The zero-order chi connectivity index (χ0) is 19.0. The highest BCUT2D eigenvalue weighted by Crippen LogP contribution is 2.35. The molecule has 0 aliphatic heterocycles. The number of benzene rings is 1. The second-order valence-electron chi connectivity index (χ2n) is 5.96. The molecular weight excluding hydrogens is 343 g/mol. The van der Waals surface area contributed by atoms with Crippen LogP contribution in [0.2, 0.25) is 0 Å². The number of unbranched alkanes of at least 4 members (excludes halogenated alkanes) is 3. The maximum atomic E-state index is 13.2. The van der Waals surface area contributed by atoms with Crippen LogP contribution in [-0.4, -0.2) is 16.6 Å². The molecule has 1 aromatic heterocycles. The van der Waals surface area contributed by atoms with Crippen molar-refractivity contribution in [1.29, 1.82) is 0 Å². The molecule has 0 aliphatic carbocycles. The van der Waals surface area contributed by atoms with Gasteiger partial charge in [-0.1, -0.05) is 51.3 Å². The third-order valence-electron chi connectivity index (χ3n) is 3.94. The molecule has 26 heavy (non-hydrogen) atoms. The Labute approximate surface area is 151 Å². The summed E-state index contributed by atoms with van der Waals surface area (Å²) in [6.45, 7) is 4.27. The van der Waals surface area contributed by atoms with Gasteiger partial charge in [0.05, 0.1) is 6.61 Å². The molecule has 0 atom stereocenters. The van der Waals surface area contributed by atoms with Gasteiger partial charge in [-0.15, -0.1) is 0 Å². The SMILES string of the molecule is CCCCCCOc1nc(Nc2ccccc2CC)ncc1C(F)(F)F. The second-order valence-corrected chi connectivity index (χ2v) is 5.96. The van der Waals surface area contributed by atoms with Crippen LogP contribution in [0.25, 0.3) is 0 Å². The van der Waals surface area contributed by atoms with Crippen LogP contribution in [0.5, 0.6) is 5.88 Å². The second kappa shape index (κ2) is 9.40. The molecular formula is C19H24F3N3O. The molecule has 1 heterocycles. The molecule has 0 radical (unpaired) electrons. The topological polar surface area (TPSA) is 47.0 Å². The predicted molar refractivity (Wildman–Crippen MR) is 95.8 cm³/mol. The largest absolute Gasteiger partial charge is 0.477 e. The summed E-state index contributed by atoms with van der Waals surface area (Å²) >= 11 is 0. The Morgan fingerprint density at radius 1 is 1.08 bits per heavy atom. The number of halogens is 3. The first-order valence-corrected chi connectivity index (χ1v) is 8.87. The molecule has 142 valence electrons. The summed E-state index contributed by atoms with van der Waals surface area (Å²) in [6, 6.07) is 7.53. The summed E-state index contributed by atoms with van der Waals surface area (Å²) < 4.78 is 44.9. The Balaban J connectivity index is 2.19. The van der Waals surface area contributed by atoms with E-state index in [2.05, 4.69) is 22.2 Å². The van der Waals surface area contributed by atoms with E-state index in [0.717, 1.165) is 43.1 Å². The van der Waals surface area contributed by atoms with Gasteiger partial charge < -0.3 is 10.1 Å². The number of hydrogen-bond donors (Lipinski definition) is 1. The van der Waals surface area contributed by atoms with Gasteiger partial charge in [-0.3, -0.25) is 0 Å². The third-order valence-corrected chi connectivity index (χ3v) is 3.94. The van der Waals surface area contributed by atoms with E-state index in [1.165, 1.54) is 0 Å². The Morgan fingerprint density at radius 3 is 2.54 bits per heavy atom. The molecule has 4 nitrogen and oxygen atoms in total. The first kappa shape index (κ1) is 20.0. The molecule has 7 heteroatoms. The molecule has 0 spiro atoms. The molecule has 0 aliphatic rings. The van der Waals surface area contributed by atoms with Crippen LogP contribution in [0.15, 0.2) is 30.5 Å². The van der Waals surface area contributed by atoms with Crippen molar-refractivity contribution >= 4 is 11.6 Å². The molecule has 2 rings (SSSR count). The van der Waals surface area contributed by atoms with Crippen molar-refractivity contribution in [2.24, 2.45) is 0 Å². The van der Waals surface area contributed by atoms with Crippen molar-refractivity contribution in [2.75, 3.05) is 11.9 Å². The normalized spacial score (nSPS) is 11.4. The predicted octanol–water partition coefficient (Wildman–Crippen LogP) is 5.76. The fraction of sp³-hybridized carbons (Fsp3) is 0.474. The van der Waals surface area contributed by atoms with Gasteiger partial charge in [0.25, 0.3) is 0 Å². The quantitative estimate of drug-likeness (QED) is 0.572. The third kappa shape index (κ3) is 5.61. The number of ether oxygens (including phenoxy) is 1. The highest BCUT2D eigenvalue weighted by Gasteiger charge is 2.36. The minimum absolute atomic E-state index is 0.0856. The van der Waals surface area contributed by atoms with E-state index < -0.39 is 17.6 Å². The van der Waals surface area contributed by atoms with Crippen LogP contribution in [0.3, 0.4) is 0 Å². The molecule has 0 saturated heterocycles.